The van der Waals surface area contributed by atoms with Crippen LogP contribution in [0, 0.1) is 5.92 Å². The smallest absolute Gasteiger partial charge is 0.320 e. The van der Waals surface area contributed by atoms with Crippen LogP contribution in [-0.2, 0) is 16.0 Å². The van der Waals surface area contributed by atoms with Crippen molar-refractivity contribution in [3.05, 3.63) is 29.8 Å². The Morgan fingerprint density at radius 2 is 1.83 bits per heavy atom. The standard InChI is InChI=1S/C16H20FNO5/c17-11-7-13(8-11)23-12-3-1-9(2-4-12)5-10(15(19)20)6-14(18)16(21)22/h1-4,10-11,13-14H,5-8,18H2,(H,19,20)(H,21,22)/t10?,11?,13?,14-/m0/s1/i17-1. The van der Waals surface area contributed by atoms with Crippen molar-refractivity contribution < 1.29 is 28.9 Å². The van der Waals surface area contributed by atoms with Crippen LogP contribution in [0.15, 0.2) is 24.3 Å². The molecule has 0 aliphatic heterocycles. The van der Waals surface area contributed by atoms with Gasteiger partial charge in [-0.15, -0.1) is 0 Å². The molecule has 126 valence electrons. The number of nitrogens with two attached hydrogens (primary N) is 1. The van der Waals surface area contributed by atoms with E-state index in [1.54, 1.807) is 24.3 Å². The molecule has 0 saturated heterocycles. The van der Waals surface area contributed by atoms with E-state index in [1.165, 1.54) is 0 Å². The number of hydrogen-bond donors (Lipinski definition) is 3. The minimum atomic E-state index is -1.22. The summed E-state index contributed by atoms with van der Waals surface area (Å²) in [6.45, 7) is 0. The predicted octanol–water partition coefficient (Wildman–Crippen LogP) is 1.61. The van der Waals surface area contributed by atoms with Gasteiger partial charge in [0.25, 0.3) is 0 Å². The number of rotatable bonds is 8. The molecule has 1 aromatic carbocycles. The van der Waals surface area contributed by atoms with Crippen LogP contribution in [0.25, 0.3) is 0 Å². The Morgan fingerprint density at radius 3 is 2.30 bits per heavy atom. The molecule has 2 rings (SSSR count). The highest BCUT2D eigenvalue weighted by atomic mass is 18.2. The van der Waals surface area contributed by atoms with Crippen LogP contribution in [0.2, 0.25) is 0 Å². The molecule has 0 radical (unpaired) electrons. The monoisotopic (exact) mass is 324 g/mol. The number of benzene rings is 1. The number of ether oxygens (including phenoxy) is 1. The molecule has 4 N–H and O–H groups in total. The van der Waals surface area contributed by atoms with Gasteiger partial charge in [-0.1, -0.05) is 12.1 Å². The summed E-state index contributed by atoms with van der Waals surface area (Å²) in [5.41, 5.74) is 6.16. The average molecular weight is 324 g/mol. The van der Waals surface area contributed by atoms with Gasteiger partial charge in [0.2, 0.25) is 0 Å². The van der Waals surface area contributed by atoms with E-state index in [2.05, 4.69) is 0 Å². The Labute approximate surface area is 133 Å². The minimum absolute atomic E-state index is 0.101. The molecular formula is C16H20FNO5. The molecule has 0 heterocycles. The van der Waals surface area contributed by atoms with E-state index in [0.717, 1.165) is 5.56 Å². The topological polar surface area (TPSA) is 110 Å². The fourth-order valence-electron chi connectivity index (χ4n) is 2.46. The van der Waals surface area contributed by atoms with Crippen LogP contribution >= 0.6 is 0 Å². The summed E-state index contributed by atoms with van der Waals surface area (Å²) in [6, 6.07) is 5.66. The number of carbonyl (C=O) groups is 2. The van der Waals surface area contributed by atoms with Crippen molar-refractivity contribution in [2.24, 2.45) is 11.7 Å². The van der Waals surface area contributed by atoms with E-state index in [4.69, 9.17) is 15.6 Å². The van der Waals surface area contributed by atoms with Crippen LogP contribution in [0.5, 0.6) is 5.75 Å². The molecule has 0 spiro atoms. The summed E-state index contributed by atoms with van der Waals surface area (Å²) in [7, 11) is 0. The first kappa shape index (κ1) is 17.2. The largest absolute Gasteiger partial charge is 0.490 e. The summed E-state index contributed by atoms with van der Waals surface area (Å²) in [5.74, 6) is -2.55. The maximum atomic E-state index is 12.7. The first-order valence-corrected chi connectivity index (χ1v) is 7.46. The Bertz CT molecular complexity index is 556. The first-order valence-electron chi connectivity index (χ1n) is 7.46. The lowest BCUT2D eigenvalue weighted by molar-refractivity contribution is -0.143. The highest BCUT2D eigenvalue weighted by molar-refractivity contribution is 5.76. The fourth-order valence-corrected chi connectivity index (χ4v) is 2.46. The molecular weight excluding hydrogens is 304 g/mol. The fraction of sp³-hybridized carbons (Fsp3) is 0.500. The normalized spacial score (nSPS) is 22.7. The van der Waals surface area contributed by atoms with Gasteiger partial charge in [0.15, 0.2) is 0 Å². The van der Waals surface area contributed by atoms with Crippen LogP contribution in [0.1, 0.15) is 24.8 Å². The molecule has 0 aromatic heterocycles. The molecule has 2 atom stereocenters. The van der Waals surface area contributed by atoms with E-state index in [1.807, 2.05) is 0 Å². The predicted molar refractivity (Wildman–Crippen MR) is 80.0 cm³/mol. The molecule has 1 unspecified atom stereocenters. The Morgan fingerprint density at radius 1 is 1.22 bits per heavy atom. The molecule has 0 amide bonds. The van der Waals surface area contributed by atoms with Gasteiger partial charge >= 0.3 is 11.9 Å². The van der Waals surface area contributed by atoms with Crippen molar-refractivity contribution in [3.63, 3.8) is 0 Å². The molecule has 1 saturated carbocycles. The highest BCUT2D eigenvalue weighted by Crippen LogP contribution is 2.28. The quantitative estimate of drug-likeness (QED) is 0.670. The lowest BCUT2D eigenvalue weighted by atomic mass is 9.92. The SMILES string of the molecule is N[C@@H](CC(Cc1ccc(OC2CC([18F])C2)cc1)C(=O)O)C(=O)O. The van der Waals surface area contributed by atoms with Crippen molar-refractivity contribution in [2.75, 3.05) is 0 Å². The average Bonchev–Trinajstić information content (AvgIpc) is 2.46. The van der Waals surface area contributed by atoms with Gasteiger partial charge in [0.1, 0.15) is 24.1 Å². The van der Waals surface area contributed by atoms with E-state index in [-0.39, 0.29) is 18.9 Å². The van der Waals surface area contributed by atoms with Crippen molar-refractivity contribution in [1.29, 1.82) is 0 Å². The molecule has 23 heavy (non-hydrogen) atoms. The van der Waals surface area contributed by atoms with E-state index in [0.29, 0.717) is 18.6 Å². The molecule has 0 bridgehead atoms. The maximum Gasteiger partial charge on any atom is 0.320 e. The molecule has 1 aliphatic rings. The number of alkyl halides is 1. The summed E-state index contributed by atoms with van der Waals surface area (Å²) in [5, 5.41) is 18.0. The third-order valence-corrected chi connectivity index (χ3v) is 3.95. The van der Waals surface area contributed by atoms with Crippen LogP contribution in [0.3, 0.4) is 0 Å². The lowest BCUT2D eigenvalue weighted by Crippen LogP contribution is -2.35. The zero-order valence-electron chi connectivity index (χ0n) is 12.5. The number of aliphatic carboxylic acids is 2. The lowest BCUT2D eigenvalue weighted by Gasteiger charge is -2.30. The Hall–Kier alpha value is -2.15. The highest BCUT2D eigenvalue weighted by Gasteiger charge is 2.30. The van der Waals surface area contributed by atoms with Crippen LogP contribution in [0.4, 0.5) is 4.39 Å². The zero-order valence-corrected chi connectivity index (χ0v) is 12.5. The van der Waals surface area contributed by atoms with Crippen molar-refractivity contribution in [3.8, 4) is 5.75 Å². The van der Waals surface area contributed by atoms with Crippen molar-refractivity contribution >= 4 is 11.9 Å². The van der Waals surface area contributed by atoms with Gasteiger partial charge in [-0.2, -0.15) is 0 Å². The van der Waals surface area contributed by atoms with Gasteiger partial charge in [-0.3, -0.25) is 9.59 Å². The zero-order chi connectivity index (χ0) is 17.0. The molecule has 1 aromatic rings. The second-order valence-corrected chi connectivity index (χ2v) is 5.87. The van der Waals surface area contributed by atoms with Crippen molar-refractivity contribution in [1.82, 2.24) is 0 Å². The number of carboxylic acid groups (broad SMARTS) is 2. The summed E-state index contributed by atoms with van der Waals surface area (Å²) in [6.07, 6.45) is -0.0355. The number of carboxylic acids is 2. The maximum absolute atomic E-state index is 12.7. The molecule has 7 heteroatoms. The first-order chi connectivity index (χ1) is 10.8. The second-order valence-electron chi connectivity index (χ2n) is 5.87. The van der Waals surface area contributed by atoms with Crippen LogP contribution in [-0.4, -0.2) is 40.5 Å². The third-order valence-electron chi connectivity index (χ3n) is 3.95. The van der Waals surface area contributed by atoms with Crippen molar-refractivity contribution in [2.45, 2.75) is 44.0 Å². The van der Waals surface area contributed by atoms with Crippen LogP contribution < -0.4 is 10.5 Å². The minimum Gasteiger partial charge on any atom is -0.490 e. The molecule has 1 aliphatic carbocycles. The third kappa shape index (κ3) is 4.92. The molecule has 1 fully saturated rings. The Balaban J connectivity index is 1.92. The summed E-state index contributed by atoms with van der Waals surface area (Å²) < 4.78 is 18.3. The van der Waals surface area contributed by atoms with Gasteiger partial charge < -0.3 is 20.7 Å². The van der Waals surface area contributed by atoms with E-state index >= 15 is 0 Å². The van der Waals surface area contributed by atoms with Gasteiger partial charge in [-0.25, -0.2) is 4.39 Å². The second kappa shape index (κ2) is 7.41. The number of halogens is 1. The van der Waals surface area contributed by atoms with E-state index < -0.39 is 30.1 Å². The Kier molecular flexibility index (Phi) is 5.54. The summed E-state index contributed by atoms with van der Waals surface area (Å²) in [4.78, 5) is 22.0. The van der Waals surface area contributed by atoms with Gasteiger partial charge in [-0.05, 0) is 30.5 Å². The van der Waals surface area contributed by atoms with Gasteiger partial charge in [0, 0.05) is 12.8 Å². The van der Waals surface area contributed by atoms with Gasteiger partial charge in [0.05, 0.1) is 5.92 Å². The summed E-state index contributed by atoms with van der Waals surface area (Å²) >= 11 is 0. The number of hydrogen-bond acceptors (Lipinski definition) is 4. The molecule has 6 nitrogen and oxygen atoms in total. The van der Waals surface area contributed by atoms with E-state index in [9.17, 15) is 19.1 Å².